The lowest BCUT2D eigenvalue weighted by Crippen LogP contribution is -2.33. The maximum absolute atomic E-state index is 11.8. The summed E-state index contributed by atoms with van der Waals surface area (Å²) in [6, 6.07) is 6.81. The number of carbonyl (C=O) groups is 2. The van der Waals surface area contributed by atoms with Crippen molar-refractivity contribution in [2.75, 3.05) is 14.2 Å². The molecular weight excluding hydrogens is 346 g/mol. The van der Waals surface area contributed by atoms with Gasteiger partial charge in [-0.15, -0.1) is 0 Å². The fraction of sp³-hybridized carbons (Fsp3) is 0.308. The SMILES string of the molecule is COC(=O)C1=[N+]([O-])O[C@H](C(=O)OC)[C@H]1c1ccc(Br)cc1. The number of hydrogen-bond donors (Lipinski definition) is 0. The molecule has 0 fully saturated rings. The number of nitrogens with zero attached hydrogens (tertiary/aromatic N) is 1. The summed E-state index contributed by atoms with van der Waals surface area (Å²) in [5.74, 6) is -2.50. The van der Waals surface area contributed by atoms with Crippen LogP contribution in [0.25, 0.3) is 0 Å². The number of halogens is 1. The zero-order valence-corrected chi connectivity index (χ0v) is 12.8. The van der Waals surface area contributed by atoms with Gasteiger partial charge in [0.1, 0.15) is 5.92 Å². The fourth-order valence-corrected chi connectivity index (χ4v) is 2.35. The Morgan fingerprint density at radius 3 is 2.38 bits per heavy atom. The molecule has 1 aliphatic heterocycles. The molecule has 0 amide bonds. The van der Waals surface area contributed by atoms with E-state index in [0.717, 1.165) is 11.6 Å². The van der Waals surface area contributed by atoms with Crippen molar-refractivity contribution < 1.29 is 28.8 Å². The Bertz CT molecular complexity index is 597. The van der Waals surface area contributed by atoms with Crippen LogP contribution < -0.4 is 0 Å². The van der Waals surface area contributed by atoms with Crippen LogP contribution in [0.2, 0.25) is 0 Å². The van der Waals surface area contributed by atoms with Crippen LogP contribution in [-0.2, 0) is 23.9 Å². The van der Waals surface area contributed by atoms with Gasteiger partial charge in [-0.2, -0.15) is 0 Å². The highest BCUT2D eigenvalue weighted by molar-refractivity contribution is 9.10. The molecule has 1 aliphatic rings. The molecule has 1 aromatic rings. The molecule has 0 spiro atoms. The van der Waals surface area contributed by atoms with E-state index in [2.05, 4.69) is 25.4 Å². The lowest BCUT2D eigenvalue weighted by atomic mass is 9.89. The van der Waals surface area contributed by atoms with Gasteiger partial charge < -0.3 is 14.3 Å². The van der Waals surface area contributed by atoms with Crippen LogP contribution in [0.4, 0.5) is 0 Å². The molecular formula is C13H12BrNO6. The van der Waals surface area contributed by atoms with Crippen molar-refractivity contribution in [3.05, 3.63) is 39.5 Å². The van der Waals surface area contributed by atoms with E-state index in [4.69, 9.17) is 4.84 Å². The summed E-state index contributed by atoms with van der Waals surface area (Å²) in [6.45, 7) is 0. The van der Waals surface area contributed by atoms with E-state index in [1.165, 1.54) is 7.11 Å². The molecule has 21 heavy (non-hydrogen) atoms. The number of ether oxygens (including phenoxy) is 2. The third kappa shape index (κ3) is 2.85. The van der Waals surface area contributed by atoms with Gasteiger partial charge in [0.2, 0.25) is 0 Å². The summed E-state index contributed by atoms with van der Waals surface area (Å²) in [5.41, 5.74) is 0.266. The molecule has 1 heterocycles. The number of hydrogen-bond acceptors (Lipinski definition) is 6. The van der Waals surface area contributed by atoms with Crippen LogP contribution in [0.1, 0.15) is 11.5 Å². The van der Waals surface area contributed by atoms with Gasteiger partial charge in [0, 0.05) is 4.47 Å². The van der Waals surface area contributed by atoms with Crippen LogP contribution in [0.15, 0.2) is 28.7 Å². The molecule has 7 nitrogen and oxygen atoms in total. The Kier molecular flexibility index (Phi) is 4.46. The summed E-state index contributed by atoms with van der Waals surface area (Å²) in [6.07, 6.45) is -1.23. The van der Waals surface area contributed by atoms with Gasteiger partial charge in [0.25, 0.3) is 0 Å². The first-order valence-corrected chi connectivity index (χ1v) is 6.71. The summed E-state index contributed by atoms with van der Waals surface area (Å²) < 4.78 is 10.0. The molecule has 0 unspecified atom stereocenters. The number of methoxy groups -OCH3 is 2. The lowest BCUT2D eigenvalue weighted by molar-refractivity contribution is -0.736. The third-order valence-electron chi connectivity index (χ3n) is 3.06. The Hall–Kier alpha value is -2.09. The van der Waals surface area contributed by atoms with Crippen LogP contribution in [0, 0.1) is 5.21 Å². The lowest BCUT2D eigenvalue weighted by Gasteiger charge is -2.16. The standard InChI is InChI=1S/C13H12BrNO6/c1-19-12(16)10-9(7-3-5-8(14)6-4-7)11(13(17)20-2)21-15(10)18/h3-6,9,11H,1-2H3/t9-,11-/m0/s1. The molecule has 1 aromatic carbocycles. The van der Waals surface area contributed by atoms with E-state index in [0.29, 0.717) is 5.56 Å². The van der Waals surface area contributed by atoms with Crippen LogP contribution in [0.5, 0.6) is 0 Å². The van der Waals surface area contributed by atoms with E-state index in [9.17, 15) is 14.8 Å². The van der Waals surface area contributed by atoms with E-state index in [1.54, 1.807) is 24.3 Å². The maximum atomic E-state index is 11.8. The maximum Gasteiger partial charge on any atom is 0.405 e. The second-order valence-electron chi connectivity index (χ2n) is 4.21. The minimum absolute atomic E-state index is 0.0140. The van der Waals surface area contributed by atoms with Gasteiger partial charge >= 0.3 is 17.7 Å². The van der Waals surface area contributed by atoms with Gasteiger partial charge in [0.05, 0.1) is 19.1 Å². The largest absolute Gasteiger partial charge is 0.468 e. The minimum Gasteiger partial charge on any atom is -0.468 e. The Labute approximate surface area is 128 Å². The van der Waals surface area contributed by atoms with Crippen molar-refractivity contribution in [1.82, 2.24) is 0 Å². The molecule has 0 N–H and O–H groups in total. The fourth-order valence-electron chi connectivity index (χ4n) is 2.08. The average Bonchev–Trinajstić information content (AvgIpc) is 2.84. The second-order valence-corrected chi connectivity index (χ2v) is 5.13. The van der Waals surface area contributed by atoms with Crippen LogP contribution in [0.3, 0.4) is 0 Å². The molecule has 0 saturated heterocycles. The molecule has 2 atom stereocenters. The van der Waals surface area contributed by atoms with Crippen molar-refractivity contribution in [3.63, 3.8) is 0 Å². The Morgan fingerprint density at radius 2 is 1.86 bits per heavy atom. The quantitative estimate of drug-likeness (QED) is 0.595. The normalized spacial score (nSPS) is 20.9. The van der Waals surface area contributed by atoms with Crippen LogP contribution in [-0.4, -0.2) is 42.9 Å². The van der Waals surface area contributed by atoms with Gasteiger partial charge in [-0.05, 0) is 17.7 Å². The predicted molar refractivity (Wildman–Crippen MR) is 74.4 cm³/mol. The highest BCUT2D eigenvalue weighted by Crippen LogP contribution is 2.31. The van der Waals surface area contributed by atoms with Gasteiger partial charge in [-0.3, -0.25) is 10.0 Å². The number of carbonyl (C=O) groups excluding carboxylic acids is 2. The summed E-state index contributed by atoms with van der Waals surface area (Å²) in [5, 5.41) is 11.8. The van der Waals surface area contributed by atoms with Gasteiger partial charge in [-0.25, -0.2) is 4.79 Å². The van der Waals surface area contributed by atoms with Crippen molar-refractivity contribution in [2.45, 2.75) is 12.0 Å². The Morgan fingerprint density at radius 1 is 1.24 bits per heavy atom. The monoisotopic (exact) mass is 357 g/mol. The summed E-state index contributed by atoms with van der Waals surface area (Å²) >= 11 is 3.29. The van der Waals surface area contributed by atoms with Crippen molar-refractivity contribution in [2.24, 2.45) is 0 Å². The number of benzene rings is 1. The topological polar surface area (TPSA) is 87.9 Å². The minimum atomic E-state index is -1.23. The van der Waals surface area contributed by atoms with E-state index >= 15 is 0 Å². The second kappa shape index (κ2) is 6.13. The molecule has 0 radical (unpaired) electrons. The van der Waals surface area contributed by atoms with Crippen molar-refractivity contribution in [1.29, 1.82) is 0 Å². The Balaban J connectivity index is 2.48. The van der Waals surface area contributed by atoms with Crippen molar-refractivity contribution >= 4 is 33.6 Å². The molecule has 0 bridgehead atoms. The first kappa shape index (κ1) is 15.3. The highest BCUT2D eigenvalue weighted by atomic mass is 79.9. The van der Waals surface area contributed by atoms with Gasteiger partial charge in [0.15, 0.2) is 6.10 Å². The van der Waals surface area contributed by atoms with Crippen LogP contribution >= 0.6 is 15.9 Å². The molecule has 2 rings (SSSR count). The predicted octanol–water partition coefficient (Wildman–Crippen LogP) is 1.14. The van der Waals surface area contributed by atoms with E-state index in [-0.39, 0.29) is 10.6 Å². The first-order chi connectivity index (χ1) is 9.99. The van der Waals surface area contributed by atoms with E-state index in [1.807, 2.05) is 0 Å². The zero-order chi connectivity index (χ0) is 15.6. The number of esters is 2. The molecule has 112 valence electrons. The van der Waals surface area contributed by atoms with Crippen molar-refractivity contribution in [3.8, 4) is 0 Å². The smallest absolute Gasteiger partial charge is 0.405 e. The number of rotatable bonds is 3. The first-order valence-electron chi connectivity index (χ1n) is 5.92. The highest BCUT2D eigenvalue weighted by Gasteiger charge is 2.50. The van der Waals surface area contributed by atoms with E-state index < -0.39 is 24.0 Å². The molecule has 0 aromatic heterocycles. The summed E-state index contributed by atoms with van der Waals surface area (Å²) in [7, 11) is 2.32. The molecule has 0 aliphatic carbocycles. The van der Waals surface area contributed by atoms with Gasteiger partial charge in [-0.1, -0.05) is 28.1 Å². The summed E-state index contributed by atoms with van der Waals surface area (Å²) in [4.78, 5) is 28.5. The molecule has 8 heteroatoms. The average molecular weight is 358 g/mol. The zero-order valence-electron chi connectivity index (χ0n) is 11.2. The molecule has 0 saturated carbocycles. The third-order valence-corrected chi connectivity index (χ3v) is 3.59.